The third kappa shape index (κ3) is 3.01. The Bertz CT molecular complexity index is 516. The van der Waals surface area contributed by atoms with Crippen molar-refractivity contribution in [2.75, 3.05) is 18.2 Å². The van der Waals surface area contributed by atoms with Crippen LogP contribution in [0.25, 0.3) is 0 Å². The van der Waals surface area contributed by atoms with Gasteiger partial charge in [0, 0.05) is 17.9 Å². The Balaban J connectivity index is 2.39. The zero-order valence-electron chi connectivity index (χ0n) is 12.6. The fraction of sp³-hybridized carbons (Fsp3) is 0.714. The first kappa shape index (κ1) is 15.4. The van der Waals surface area contributed by atoms with Gasteiger partial charge in [0.2, 0.25) is 0 Å². The topological polar surface area (TPSA) is 75.1 Å². The van der Waals surface area contributed by atoms with Gasteiger partial charge in [-0.25, -0.2) is 9.97 Å². The maximum atomic E-state index is 11.8. The Kier molecular flexibility index (Phi) is 4.16. The summed E-state index contributed by atoms with van der Waals surface area (Å²) in [5, 5.41) is 12.9. The number of aromatic nitrogens is 2. The van der Waals surface area contributed by atoms with Crippen molar-refractivity contribution in [2.45, 2.75) is 55.9 Å². The van der Waals surface area contributed by atoms with Gasteiger partial charge >= 0.3 is 0 Å². The monoisotopic (exact) mass is 297 g/mol. The van der Waals surface area contributed by atoms with Crippen LogP contribution >= 0.6 is 0 Å². The number of aliphatic hydroxyl groups excluding tert-OH is 1. The average molecular weight is 297 g/mol. The van der Waals surface area contributed by atoms with E-state index in [-0.39, 0.29) is 17.6 Å². The summed E-state index contributed by atoms with van der Waals surface area (Å²) in [6.07, 6.45) is 6.17. The molecule has 1 aliphatic rings. The number of aliphatic hydroxyl groups is 1. The van der Waals surface area contributed by atoms with E-state index in [2.05, 4.69) is 15.3 Å². The van der Waals surface area contributed by atoms with Gasteiger partial charge in [-0.15, -0.1) is 0 Å². The molecule has 2 N–H and O–H groups in total. The second-order valence-electron chi connectivity index (χ2n) is 6.53. The molecule has 1 atom stereocenters. The predicted molar refractivity (Wildman–Crippen MR) is 80.4 cm³/mol. The Labute approximate surface area is 122 Å². The lowest BCUT2D eigenvalue weighted by Crippen LogP contribution is -2.48. The van der Waals surface area contributed by atoms with Gasteiger partial charge in [0.1, 0.15) is 11.6 Å². The van der Waals surface area contributed by atoms with E-state index in [4.69, 9.17) is 0 Å². The van der Waals surface area contributed by atoms with Crippen molar-refractivity contribution in [3.8, 4) is 0 Å². The first-order valence-electron chi connectivity index (χ1n) is 6.87. The van der Waals surface area contributed by atoms with Gasteiger partial charge in [-0.1, -0.05) is 20.8 Å². The summed E-state index contributed by atoms with van der Waals surface area (Å²) in [4.78, 5) is 9.47. The Morgan fingerprint density at radius 3 is 2.50 bits per heavy atom. The van der Waals surface area contributed by atoms with E-state index in [1.54, 1.807) is 12.5 Å². The number of anilines is 1. The SMILES string of the molecule is CS(=O)c1cnc(C(C)(C)C)nc1NC1(CO)CCC1. The van der Waals surface area contributed by atoms with Gasteiger partial charge in [-0.05, 0) is 19.3 Å². The molecule has 2 rings (SSSR count). The number of hydrogen-bond donors (Lipinski definition) is 2. The molecule has 112 valence electrons. The van der Waals surface area contributed by atoms with Crippen molar-refractivity contribution in [1.82, 2.24) is 9.97 Å². The zero-order chi connectivity index (χ0) is 15.0. The quantitative estimate of drug-likeness (QED) is 0.887. The van der Waals surface area contributed by atoms with Crippen LogP contribution in [0.1, 0.15) is 45.9 Å². The normalized spacial score (nSPS) is 19.2. The predicted octanol–water partition coefficient (Wildman–Crippen LogP) is 1.84. The van der Waals surface area contributed by atoms with E-state index >= 15 is 0 Å². The van der Waals surface area contributed by atoms with Gasteiger partial charge < -0.3 is 10.4 Å². The molecule has 1 aromatic heterocycles. The molecule has 0 amide bonds. The first-order valence-corrected chi connectivity index (χ1v) is 8.43. The minimum Gasteiger partial charge on any atom is -0.394 e. The molecule has 1 unspecified atom stereocenters. The lowest BCUT2D eigenvalue weighted by Gasteiger charge is -2.41. The highest BCUT2D eigenvalue weighted by Gasteiger charge is 2.37. The minimum atomic E-state index is -1.16. The Hall–Kier alpha value is -1.01. The van der Waals surface area contributed by atoms with E-state index in [1.165, 1.54) is 0 Å². The molecule has 0 bridgehead atoms. The van der Waals surface area contributed by atoms with Crippen molar-refractivity contribution in [3.05, 3.63) is 12.0 Å². The number of nitrogens with zero attached hydrogens (tertiary/aromatic N) is 2. The van der Waals surface area contributed by atoms with Crippen molar-refractivity contribution < 1.29 is 9.32 Å². The summed E-state index contributed by atoms with van der Waals surface area (Å²) in [6.45, 7) is 6.19. The summed E-state index contributed by atoms with van der Waals surface area (Å²) in [5.74, 6) is 1.31. The van der Waals surface area contributed by atoms with Crippen LogP contribution in [0.15, 0.2) is 11.1 Å². The number of rotatable bonds is 4. The third-order valence-corrected chi connectivity index (χ3v) is 4.65. The largest absolute Gasteiger partial charge is 0.394 e. The van der Waals surface area contributed by atoms with Gasteiger partial charge in [-0.2, -0.15) is 0 Å². The molecule has 0 spiro atoms. The molecule has 1 aromatic rings. The third-order valence-electron chi connectivity index (χ3n) is 3.73. The van der Waals surface area contributed by atoms with Crippen LogP contribution in [0.4, 0.5) is 5.82 Å². The fourth-order valence-electron chi connectivity index (χ4n) is 2.21. The molecule has 1 fully saturated rings. The van der Waals surface area contributed by atoms with Crippen LogP contribution in [0.2, 0.25) is 0 Å². The van der Waals surface area contributed by atoms with E-state index in [0.29, 0.717) is 16.5 Å². The second kappa shape index (κ2) is 5.41. The maximum Gasteiger partial charge on any atom is 0.146 e. The molecule has 1 saturated carbocycles. The Morgan fingerprint density at radius 1 is 1.45 bits per heavy atom. The van der Waals surface area contributed by atoms with Crippen molar-refractivity contribution in [3.63, 3.8) is 0 Å². The average Bonchev–Trinajstić information content (AvgIpc) is 2.32. The number of nitrogens with one attached hydrogen (secondary N) is 1. The lowest BCUT2D eigenvalue weighted by atomic mass is 9.77. The molecular formula is C14H23N3O2S. The van der Waals surface area contributed by atoms with Gasteiger partial charge in [-0.3, -0.25) is 4.21 Å². The highest BCUT2D eigenvalue weighted by atomic mass is 32.2. The minimum absolute atomic E-state index is 0.0671. The van der Waals surface area contributed by atoms with Crippen molar-refractivity contribution in [1.29, 1.82) is 0 Å². The summed E-state index contributed by atoms with van der Waals surface area (Å²) in [5.41, 5.74) is -0.478. The van der Waals surface area contributed by atoms with Crippen LogP contribution in [0.3, 0.4) is 0 Å². The molecule has 0 saturated heterocycles. The zero-order valence-corrected chi connectivity index (χ0v) is 13.4. The molecule has 5 nitrogen and oxygen atoms in total. The Morgan fingerprint density at radius 2 is 2.10 bits per heavy atom. The highest BCUT2D eigenvalue weighted by Crippen LogP contribution is 2.36. The van der Waals surface area contributed by atoms with Crippen LogP contribution in [0, 0.1) is 0 Å². The molecule has 0 aliphatic heterocycles. The van der Waals surface area contributed by atoms with Gasteiger partial charge in [0.25, 0.3) is 0 Å². The van der Waals surface area contributed by atoms with Gasteiger partial charge in [0.05, 0.1) is 27.8 Å². The number of hydrogen-bond acceptors (Lipinski definition) is 5. The maximum absolute atomic E-state index is 11.8. The standard InChI is InChI=1S/C14H23N3O2S/c1-13(2,3)12-15-8-10(20(4)19)11(16-12)17-14(9-18)6-5-7-14/h8,18H,5-7,9H2,1-4H3,(H,15,16,17). The van der Waals surface area contributed by atoms with E-state index in [0.717, 1.165) is 19.3 Å². The highest BCUT2D eigenvalue weighted by molar-refractivity contribution is 7.84. The van der Waals surface area contributed by atoms with E-state index < -0.39 is 10.8 Å². The van der Waals surface area contributed by atoms with Crippen molar-refractivity contribution in [2.24, 2.45) is 0 Å². The molecule has 1 aliphatic carbocycles. The molecule has 1 heterocycles. The smallest absolute Gasteiger partial charge is 0.146 e. The van der Waals surface area contributed by atoms with E-state index in [1.807, 2.05) is 20.8 Å². The first-order chi connectivity index (χ1) is 9.27. The van der Waals surface area contributed by atoms with Crippen LogP contribution < -0.4 is 5.32 Å². The summed E-state index contributed by atoms with van der Waals surface area (Å²) < 4.78 is 11.8. The van der Waals surface area contributed by atoms with Crippen LogP contribution in [-0.2, 0) is 16.2 Å². The molecule has 0 radical (unpaired) electrons. The lowest BCUT2D eigenvalue weighted by molar-refractivity contribution is 0.143. The second-order valence-corrected chi connectivity index (χ2v) is 7.88. The van der Waals surface area contributed by atoms with E-state index in [9.17, 15) is 9.32 Å². The van der Waals surface area contributed by atoms with Crippen LogP contribution in [0.5, 0.6) is 0 Å². The fourth-order valence-corrected chi connectivity index (χ4v) is 2.78. The molecule has 6 heteroatoms. The summed E-state index contributed by atoms with van der Waals surface area (Å²) >= 11 is 0. The van der Waals surface area contributed by atoms with Crippen LogP contribution in [-0.4, -0.2) is 37.7 Å². The van der Waals surface area contributed by atoms with Crippen molar-refractivity contribution >= 4 is 16.6 Å². The molecule has 20 heavy (non-hydrogen) atoms. The van der Waals surface area contributed by atoms with Gasteiger partial charge in [0.15, 0.2) is 0 Å². The summed E-state index contributed by atoms with van der Waals surface area (Å²) in [7, 11) is -1.16. The molecule has 0 aromatic carbocycles. The summed E-state index contributed by atoms with van der Waals surface area (Å²) in [6, 6.07) is 0. The molecular weight excluding hydrogens is 274 g/mol.